The summed E-state index contributed by atoms with van der Waals surface area (Å²) in [4.78, 5) is 2.68. The fourth-order valence-corrected chi connectivity index (χ4v) is 3.16. The summed E-state index contributed by atoms with van der Waals surface area (Å²) in [5, 5.41) is 14.8. The van der Waals surface area contributed by atoms with Crippen LogP contribution < -0.4 is 5.32 Å². The predicted octanol–water partition coefficient (Wildman–Crippen LogP) is 3.51. The van der Waals surface area contributed by atoms with E-state index >= 15 is 0 Å². The molecule has 0 fully saturated rings. The molecular formula is C15H17N5S. The van der Waals surface area contributed by atoms with Gasteiger partial charge < -0.3 is 5.32 Å². The number of anilines is 1. The van der Waals surface area contributed by atoms with E-state index < -0.39 is 0 Å². The molecule has 1 unspecified atom stereocenters. The Balaban J connectivity index is 1.79. The molecular weight excluding hydrogens is 282 g/mol. The molecule has 0 amide bonds. The maximum absolute atomic E-state index is 3.93. The molecule has 0 bridgehead atoms. The Morgan fingerprint density at radius 1 is 1.19 bits per heavy atom. The molecule has 108 valence electrons. The van der Waals surface area contributed by atoms with Crippen LogP contribution in [0.25, 0.3) is 5.69 Å². The fraction of sp³-hybridized carbons (Fsp3) is 0.267. The van der Waals surface area contributed by atoms with Crippen molar-refractivity contribution in [3.63, 3.8) is 0 Å². The number of hydrogen-bond donors (Lipinski definition) is 1. The molecule has 0 aliphatic rings. The van der Waals surface area contributed by atoms with Crippen molar-refractivity contribution in [2.24, 2.45) is 0 Å². The Hall–Kier alpha value is -2.21. The van der Waals surface area contributed by atoms with Crippen LogP contribution in [0.2, 0.25) is 0 Å². The van der Waals surface area contributed by atoms with Crippen molar-refractivity contribution in [3.8, 4) is 5.69 Å². The Morgan fingerprint density at radius 3 is 2.67 bits per heavy atom. The number of rotatable bonds is 4. The number of aryl methyl sites for hydroxylation is 2. The first-order valence-electron chi connectivity index (χ1n) is 6.80. The minimum absolute atomic E-state index is 0.294. The van der Waals surface area contributed by atoms with Crippen LogP contribution in [-0.2, 0) is 0 Å². The Labute approximate surface area is 127 Å². The van der Waals surface area contributed by atoms with Gasteiger partial charge in [0, 0.05) is 15.4 Å². The molecule has 1 atom stereocenters. The van der Waals surface area contributed by atoms with Crippen LogP contribution in [0.15, 0.2) is 36.7 Å². The van der Waals surface area contributed by atoms with Crippen molar-refractivity contribution >= 4 is 17.0 Å². The van der Waals surface area contributed by atoms with Crippen molar-refractivity contribution in [1.29, 1.82) is 0 Å². The van der Waals surface area contributed by atoms with Crippen LogP contribution in [0.5, 0.6) is 0 Å². The zero-order chi connectivity index (χ0) is 14.8. The lowest BCUT2D eigenvalue weighted by Crippen LogP contribution is -2.06. The first kappa shape index (κ1) is 13.8. The van der Waals surface area contributed by atoms with E-state index in [0.717, 1.165) is 16.9 Å². The monoisotopic (exact) mass is 299 g/mol. The molecule has 0 aliphatic carbocycles. The largest absolute Gasteiger partial charge is 0.378 e. The lowest BCUT2D eigenvalue weighted by Gasteiger charge is -2.15. The highest BCUT2D eigenvalue weighted by atomic mass is 32.1. The number of nitrogens with zero attached hydrogens (tertiary/aromatic N) is 4. The molecule has 3 aromatic rings. The molecule has 0 spiro atoms. The normalized spacial score (nSPS) is 12.3. The van der Waals surface area contributed by atoms with Gasteiger partial charge in [0.25, 0.3) is 0 Å². The first-order chi connectivity index (χ1) is 10.1. The average Bonchev–Trinajstić information content (AvgIpc) is 3.10. The third kappa shape index (κ3) is 2.95. The smallest absolute Gasteiger partial charge is 0.143 e. The van der Waals surface area contributed by atoms with E-state index in [1.54, 1.807) is 11.0 Å². The van der Waals surface area contributed by atoms with Gasteiger partial charge in [0.1, 0.15) is 6.33 Å². The zero-order valence-corrected chi connectivity index (χ0v) is 13.1. The molecule has 0 saturated heterocycles. The predicted molar refractivity (Wildman–Crippen MR) is 85.0 cm³/mol. The summed E-state index contributed by atoms with van der Waals surface area (Å²) in [6, 6.07) is 10.8. The fourth-order valence-electron chi connectivity index (χ4n) is 2.28. The highest BCUT2D eigenvalue weighted by Crippen LogP contribution is 2.27. The van der Waals surface area contributed by atoms with Gasteiger partial charge >= 0.3 is 0 Å². The third-order valence-electron chi connectivity index (χ3n) is 3.36. The molecule has 0 saturated carbocycles. The molecule has 0 radical (unpaired) electrons. The van der Waals surface area contributed by atoms with E-state index in [1.165, 1.54) is 9.75 Å². The number of tetrazole rings is 1. The van der Waals surface area contributed by atoms with E-state index in [2.05, 4.69) is 65.9 Å². The van der Waals surface area contributed by atoms with Gasteiger partial charge in [0.05, 0.1) is 11.7 Å². The topological polar surface area (TPSA) is 55.6 Å². The summed E-state index contributed by atoms with van der Waals surface area (Å²) < 4.78 is 1.67. The van der Waals surface area contributed by atoms with Gasteiger partial charge in [0.15, 0.2) is 0 Å². The quantitative estimate of drug-likeness (QED) is 0.801. The standard InChI is InChI=1S/C15H17N5S/c1-10-8-13(5-6-14(10)20-9-16-18-19-20)17-12(3)15-7-4-11(2)21-15/h4-9,12,17H,1-3H3. The van der Waals surface area contributed by atoms with Crippen LogP contribution >= 0.6 is 11.3 Å². The maximum Gasteiger partial charge on any atom is 0.143 e. The maximum atomic E-state index is 3.93. The van der Waals surface area contributed by atoms with Gasteiger partial charge in [-0.3, -0.25) is 0 Å². The van der Waals surface area contributed by atoms with E-state index in [4.69, 9.17) is 0 Å². The number of nitrogens with one attached hydrogen (secondary N) is 1. The van der Waals surface area contributed by atoms with Crippen LogP contribution in [0.3, 0.4) is 0 Å². The van der Waals surface area contributed by atoms with Crippen LogP contribution in [0.1, 0.15) is 28.3 Å². The average molecular weight is 299 g/mol. The highest BCUT2D eigenvalue weighted by molar-refractivity contribution is 7.12. The number of benzene rings is 1. The molecule has 1 aromatic carbocycles. The lowest BCUT2D eigenvalue weighted by atomic mass is 10.1. The van der Waals surface area contributed by atoms with E-state index in [9.17, 15) is 0 Å². The van der Waals surface area contributed by atoms with Crippen molar-refractivity contribution in [2.75, 3.05) is 5.32 Å². The molecule has 3 rings (SSSR count). The van der Waals surface area contributed by atoms with Gasteiger partial charge in [-0.2, -0.15) is 0 Å². The SMILES string of the molecule is Cc1ccc(C(C)Nc2ccc(-n3cnnn3)c(C)c2)s1. The summed E-state index contributed by atoms with van der Waals surface area (Å²) in [5.41, 5.74) is 3.22. The summed E-state index contributed by atoms with van der Waals surface area (Å²) in [6.45, 7) is 6.37. The second-order valence-electron chi connectivity index (χ2n) is 5.07. The van der Waals surface area contributed by atoms with Crippen molar-refractivity contribution in [3.05, 3.63) is 52.0 Å². The number of hydrogen-bond acceptors (Lipinski definition) is 5. The van der Waals surface area contributed by atoms with Crippen LogP contribution in [-0.4, -0.2) is 20.2 Å². The highest BCUT2D eigenvalue weighted by Gasteiger charge is 2.09. The van der Waals surface area contributed by atoms with Crippen molar-refractivity contribution < 1.29 is 0 Å². The van der Waals surface area contributed by atoms with Gasteiger partial charge in [-0.1, -0.05) is 0 Å². The molecule has 21 heavy (non-hydrogen) atoms. The lowest BCUT2D eigenvalue weighted by molar-refractivity contribution is 0.785. The summed E-state index contributed by atoms with van der Waals surface area (Å²) in [7, 11) is 0. The van der Waals surface area contributed by atoms with Gasteiger partial charge in [0.2, 0.25) is 0 Å². The van der Waals surface area contributed by atoms with E-state index in [1.807, 2.05) is 17.4 Å². The molecule has 1 N–H and O–H groups in total. The first-order valence-corrected chi connectivity index (χ1v) is 7.62. The van der Waals surface area contributed by atoms with Gasteiger partial charge in [-0.25, -0.2) is 4.68 Å². The Bertz CT molecular complexity index is 732. The molecule has 2 aromatic heterocycles. The van der Waals surface area contributed by atoms with Crippen LogP contribution in [0.4, 0.5) is 5.69 Å². The van der Waals surface area contributed by atoms with Gasteiger partial charge in [-0.05, 0) is 67.1 Å². The second kappa shape index (κ2) is 5.65. The molecule has 0 aliphatic heterocycles. The van der Waals surface area contributed by atoms with E-state index in [-0.39, 0.29) is 0 Å². The summed E-state index contributed by atoms with van der Waals surface area (Å²) in [6.07, 6.45) is 1.60. The van der Waals surface area contributed by atoms with Crippen molar-refractivity contribution in [2.45, 2.75) is 26.8 Å². The van der Waals surface area contributed by atoms with Gasteiger partial charge in [-0.15, -0.1) is 16.4 Å². The number of thiophene rings is 1. The molecule has 5 nitrogen and oxygen atoms in total. The zero-order valence-electron chi connectivity index (χ0n) is 12.2. The summed E-state index contributed by atoms with van der Waals surface area (Å²) in [5.74, 6) is 0. The second-order valence-corrected chi connectivity index (χ2v) is 6.39. The molecule has 6 heteroatoms. The minimum atomic E-state index is 0.294. The molecule has 2 heterocycles. The van der Waals surface area contributed by atoms with Crippen molar-refractivity contribution in [1.82, 2.24) is 20.2 Å². The Kier molecular flexibility index (Phi) is 3.70. The summed E-state index contributed by atoms with van der Waals surface area (Å²) >= 11 is 1.83. The number of aromatic nitrogens is 4. The van der Waals surface area contributed by atoms with Crippen LogP contribution in [0, 0.1) is 13.8 Å². The van der Waals surface area contributed by atoms with E-state index in [0.29, 0.717) is 6.04 Å². The Morgan fingerprint density at radius 2 is 2.05 bits per heavy atom. The third-order valence-corrected chi connectivity index (χ3v) is 4.55. The minimum Gasteiger partial charge on any atom is -0.378 e.